The summed E-state index contributed by atoms with van der Waals surface area (Å²) >= 11 is 5.66. The van der Waals surface area contributed by atoms with Crippen LogP contribution in [-0.4, -0.2) is 41.3 Å². The van der Waals surface area contributed by atoms with Crippen LogP contribution in [0.3, 0.4) is 0 Å². The summed E-state index contributed by atoms with van der Waals surface area (Å²) in [6.45, 7) is 2.90. The number of nitrogens with two attached hydrogens (primary N) is 1. The second-order valence-corrected chi connectivity index (χ2v) is 3.41. The van der Waals surface area contributed by atoms with Crippen LogP contribution < -0.4 is 10.6 Å². The lowest BCUT2D eigenvalue weighted by Crippen LogP contribution is -2.37. The van der Waals surface area contributed by atoms with Crippen molar-refractivity contribution >= 4 is 23.5 Å². The first-order valence-corrected chi connectivity index (χ1v) is 5.22. The molecule has 0 bridgehead atoms. The molecule has 0 unspecified atom stereocenters. The van der Waals surface area contributed by atoms with Gasteiger partial charge in [-0.05, 0) is 0 Å². The largest absolute Gasteiger partial charge is 0.378 e. The zero-order chi connectivity index (χ0) is 10.7. The van der Waals surface area contributed by atoms with Gasteiger partial charge in [-0.15, -0.1) is 11.6 Å². The Balaban J connectivity index is 2.22. The predicted molar refractivity (Wildman–Crippen MR) is 56.8 cm³/mol. The number of rotatable bonds is 2. The zero-order valence-corrected chi connectivity index (χ0v) is 8.94. The summed E-state index contributed by atoms with van der Waals surface area (Å²) in [4.78, 5) is 14.2. The van der Waals surface area contributed by atoms with Gasteiger partial charge < -0.3 is 15.4 Å². The number of morpholine rings is 1. The molecule has 7 heteroatoms. The fraction of sp³-hybridized carbons (Fsp3) is 0.625. The van der Waals surface area contributed by atoms with Crippen molar-refractivity contribution in [3.8, 4) is 0 Å². The molecule has 1 fully saturated rings. The van der Waals surface area contributed by atoms with Crippen LogP contribution in [0.25, 0.3) is 0 Å². The Bertz CT molecular complexity index is 342. The van der Waals surface area contributed by atoms with E-state index in [2.05, 4.69) is 15.0 Å². The summed E-state index contributed by atoms with van der Waals surface area (Å²) in [5.74, 6) is 1.54. The highest BCUT2D eigenvalue weighted by atomic mass is 35.5. The molecule has 2 heterocycles. The Hall–Kier alpha value is -1.14. The van der Waals surface area contributed by atoms with Crippen LogP contribution in [0.2, 0.25) is 0 Å². The van der Waals surface area contributed by atoms with E-state index in [0.717, 1.165) is 13.1 Å². The van der Waals surface area contributed by atoms with Crippen molar-refractivity contribution < 1.29 is 4.74 Å². The van der Waals surface area contributed by atoms with E-state index in [1.165, 1.54) is 0 Å². The quantitative estimate of drug-likeness (QED) is 0.721. The van der Waals surface area contributed by atoms with Crippen LogP contribution in [0.1, 0.15) is 5.82 Å². The van der Waals surface area contributed by atoms with Crippen molar-refractivity contribution in [2.75, 3.05) is 36.9 Å². The van der Waals surface area contributed by atoms with Crippen molar-refractivity contribution in [1.82, 2.24) is 15.0 Å². The summed E-state index contributed by atoms with van der Waals surface area (Å²) in [6.07, 6.45) is 0. The number of nitrogens with zero attached hydrogens (tertiary/aromatic N) is 4. The van der Waals surface area contributed by atoms with Gasteiger partial charge in [0.05, 0.1) is 19.1 Å². The van der Waals surface area contributed by atoms with Crippen LogP contribution in [0.4, 0.5) is 11.9 Å². The topological polar surface area (TPSA) is 77.2 Å². The summed E-state index contributed by atoms with van der Waals surface area (Å²) in [5.41, 5.74) is 5.56. The monoisotopic (exact) mass is 229 g/mol. The lowest BCUT2D eigenvalue weighted by atomic mass is 10.4. The number of ether oxygens (including phenoxy) is 1. The first kappa shape index (κ1) is 10.4. The molecule has 0 aliphatic carbocycles. The van der Waals surface area contributed by atoms with Crippen LogP contribution in [0.5, 0.6) is 0 Å². The van der Waals surface area contributed by atoms with E-state index in [-0.39, 0.29) is 11.8 Å². The molecule has 2 N–H and O–H groups in total. The van der Waals surface area contributed by atoms with Crippen molar-refractivity contribution in [3.05, 3.63) is 5.82 Å². The molecule has 2 rings (SSSR count). The summed E-state index contributed by atoms with van der Waals surface area (Å²) in [5, 5.41) is 0. The lowest BCUT2D eigenvalue weighted by Gasteiger charge is -2.26. The van der Waals surface area contributed by atoms with Crippen molar-refractivity contribution in [1.29, 1.82) is 0 Å². The number of alkyl halides is 1. The molecule has 1 saturated heterocycles. The highest BCUT2D eigenvalue weighted by Gasteiger charge is 2.15. The van der Waals surface area contributed by atoms with Gasteiger partial charge in [-0.2, -0.15) is 15.0 Å². The molecule has 0 atom stereocenters. The van der Waals surface area contributed by atoms with Gasteiger partial charge in [0.25, 0.3) is 0 Å². The molecular weight excluding hydrogens is 218 g/mol. The standard InChI is InChI=1S/C8H12ClN5O/c9-5-6-11-7(10)13-8(12-6)14-1-3-15-4-2-14/h1-5H2,(H2,10,11,12,13). The molecule has 0 amide bonds. The zero-order valence-electron chi connectivity index (χ0n) is 8.19. The van der Waals surface area contributed by atoms with E-state index in [9.17, 15) is 0 Å². The van der Waals surface area contributed by atoms with Crippen molar-refractivity contribution in [2.45, 2.75) is 5.88 Å². The minimum Gasteiger partial charge on any atom is -0.378 e. The van der Waals surface area contributed by atoms with Crippen LogP contribution >= 0.6 is 11.6 Å². The number of nitrogen functional groups attached to an aromatic ring is 1. The number of halogens is 1. The predicted octanol–water partition coefficient (Wildman–Crippen LogP) is 0.0292. The second-order valence-electron chi connectivity index (χ2n) is 3.14. The van der Waals surface area contributed by atoms with Crippen LogP contribution in [-0.2, 0) is 10.6 Å². The van der Waals surface area contributed by atoms with Gasteiger partial charge in [-0.25, -0.2) is 0 Å². The molecule has 0 spiro atoms. The molecule has 1 aromatic rings. The minimum absolute atomic E-state index is 0.210. The number of hydrogen-bond acceptors (Lipinski definition) is 6. The SMILES string of the molecule is Nc1nc(CCl)nc(N2CCOCC2)n1. The molecule has 6 nitrogen and oxygen atoms in total. The van der Waals surface area contributed by atoms with E-state index in [1.54, 1.807) is 0 Å². The first-order chi connectivity index (χ1) is 7.29. The Labute approximate surface area is 92.4 Å². The Morgan fingerprint density at radius 2 is 2.00 bits per heavy atom. The maximum atomic E-state index is 5.66. The van der Waals surface area contributed by atoms with Gasteiger partial charge in [0.1, 0.15) is 0 Å². The Kier molecular flexibility index (Phi) is 3.17. The third kappa shape index (κ3) is 2.45. The number of hydrogen-bond donors (Lipinski definition) is 1. The third-order valence-electron chi connectivity index (χ3n) is 2.10. The number of anilines is 2. The van der Waals surface area contributed by atoms with E-state index < -0.39 is 0 Å². The van der Waals surface area contributed by atoms with Gasteiger partial charge in [-0.1, -0.05) is 0 Å². The van der Waals surface area contributed by atoms with Gasteiger partial charge in [0, 0.05) is 13.1 Å². The molecule has 15 heavy (non-hydrogen) atoms. The van der Waals surface area contributed by atoms with E-state index in [4.69, 9.17) is 22.1 Å². The fourth-order valence-electron chi connectivity index (χ4n) is 1.39. The average molecular weight is 230 g/mol. The number of aromatic nitrogens is 3. The van der Waals surface area contributed by atoms with E-state index in [0.29, 0.717) is 25.0 Å². The van der Waals surface area contributed by atoms with Gasteiger partial charge in [0.15, 0.2) is 5.82 Å². The Morgan fingerprint density at radius 3 is 2.67 bits per heavy atom. The summed E-state index contributed by atoms with van der Waals surface area (Å²) in [7, 11) is 0. The molecule has 0 radical (unpaired) electrons. The van der Waals surface area contributed by atoms with Crippen LogP contribution in [0, 0.1) is 0 Å². The molecule has 0 saturated carbocycles. The minimum atomic E-state index is 0.210. The Morgan fingerprint density at radius 1 is 1.27 bits per heavy atom. The molecule has 1 aliphatic heterocycles. The molecular formula is C8H12ClN5O. The molecule has 82 valence electrons. The van der Waals surface area contributed by atoms with Crippen molar-refractivity contribution in [3.63, 3.8) is 0 Å². The van der Waals surface area contributed by atoms with Gasteiger partial charge >= 0.3 is 0 Å². The highest BCUT2D eigenvalue weighted by molar-refractivity contribution is 6.16. The van der Waals surface area contributed by atoms with Gasteiger partial charge in [-0.3, -0.25) is 0 Å². The smallest absolute Gasteiger partial charge is 0.230 e. The lowest BCUT2D eigenvalue weighted by molar-refractivity contribution is 0.122. The highest BCUT2D eigenvalue weighted by Crippen LogP contribution is 2.11. The van der Waals surface area contributed by atoms with Gasteiger partial charge in [0.2, 0.25) is 11.9 Å². The van der Waals surface area contributed by atoms with E-state index in [1.807, 2.05) is 4.90 Å². The average Bonchev–Trinajstić information content (AvgIpc) is 2.29. The third-order valence-corrected chi connectivity index (χ3v) is 2.34. The van der Waals surface area contributed by atoms with E-state index >= 15 is 0 Å². The van der Waals surface area contributed by atoms with Crippen LogP contribution in [0.15, 0.2) is 0 Å². The maximum absolute atomic E-state index is 5.66. The molecule has 1 aromatic heterocycles. The van der Waals surface area contributed by atoms with Crippen molar-refractivity contribution in [2.24, 2.45) is 0 Å². The summed E-state index contributed by atoms with van der Waals surface area (Å²) < 4.78 is 5.24. The maximum Gasteiger partial charge on any atom is 0.230 e. The molecule has 0 aromatic carbocycles. The normalized spacial score (nSPS) is 16.7. The first-order valence-electron chi connectivity index (χ1n) is 4.68. The second kappa shape index (κ2) is 4.59. The summed E-state index contributed by atoms with van der Waals surface area (Å²) in [6, 6.07) is 0. The fourth-order valence-corrected chi connectivity index (χ4v) is 1.51. The molecule has 1 aliphatic rings.